The van der Waals surface area contributed by atoms with Gasteiger partial charge in [0.15, 0.2) is 12.4 Å². The van der Waals surface area contributed by atoms with Crippen LogP contribution in [0, 0.1) is 0 Å². The van der Waals surface area contributed by atoms with Gasteiger partial charge in [0.1, 0.15) is 4.88 Å². The highest BCUT2D eigenvalue weighted by Crippen LogP contribution is 2.17. The molecule has 0 aliphatic carbocycles. The Balaban J connectivity index is 1.72. The Bertz CT molecular complexity index is 739. The molecule has 1 N–H and O–H groups in total. The standard InChI is InChI=1S/C19H21NO4S/c1-13(8-9-15-6-4-3-5-7-15)20-18(22)12-24-19(23)17-11-10-16(25-17)14(2)21/h3-7,10-11,13H,8-9,12H2,1-2H3,(H,20,22). The van der Waals surface area contributed by atoms with E-state index in [9.17, 15) is 14.4 Å². The summed E-state index contributed by atoms with van der Waals surface area (Å²) in [4.78, 5) is 35.8. The minimum absolute atomic E-state index is 0.0162. The van der Waals surface area contributed by atoms with Crippen molar-refractivity contribution in [1.82, 2.24) is 5.32 Å². The number of esters is 1. The van der Waals surface area contributed by atoms with Gasteiger partial charge in [-0.15, -0.1) is 11.3 Å². The number of Topliss-reactive ketones (excluding diaryl/α,β-unsaturated/α-hetero) is 1. The van der Waals surface area contributed by atoms with Crippen molar-refractivity contribution >= 4 is 29.0 Å². The molecule has 2 rings (SSSR count). The molecule has 2 aromatic rings. The molecule has 1 heterocycles. The average molecular weight is 359 g/mol. The molecule has 1 aromatic carbocycles. The second kappa shape index (κ2) is 9.13. The zero-order valence-electron chi connectivity index (χ0n) is 14.3. The van der Waals surface area contributed by atoms with Crippen LogP contribution in [0.25, 0.3) is 0 Å². The van der Waals surface area contributed by atoms with Gasteiger partial charge in [-0.05, 0) is 44.4 Å². The summed E-state index contributed by atoms with van der Waals surface area (Å²) in [6.07, 6.45) is 1.67. The second-order valence-electron chi connectivity index (χ2n) is 5.79. The molecule has 6 heteroatoms. The van der Waals surface area contributed by atoms with Crippen molar-refractivity contribution in [2.75, 3.05) is 6.61 Å². The van der Waals surface area contributed by atoms with Gasteiger partial charge in [0.2, 0.25) is 0 Å². The van der Waals surface area contributed by atoms with Crippen molar-refractivity contribution < 1.29 is 19.1 Å². The van der Waals surface area contributed by atoms with Crippen LogP contribution in [-0.4, -0.2) is 30.3 Å². The minimum atomic E-state index is -0.593. The number of carbonyl (C=O) groups excluding carboxylic acids is 3. The Morgan fingerprint density at radius 2 is 1.76 bits per heavy atom. The normalized spacial score (nSPS) is 11.6. The van der Waals surface area contributed by atoms with E-state index in [0.717, 1.165) is 24.2 Å². The van der Waals surface area contributed by atoms with E-state index in [1.54, 1.807) is 6.07 Å². The molecule has 1 unspecified atom stereocenters. The first-order chi connectivity index (χ1) is 12.0. The van der Waals surface area contributed by atoms with Crippen LogP contribution in [0.2, 0.25) is 0 Å². The molecule has 0 saturated carbocycles. The van der Waals surface area contributed by atoms with E-state index < -0.39 is 5.97 Å². The number of ether oxygens (including phenoxy) is 1. The minimum Gasteiger partial charge on any atom is -0.451 e. The van der Waals surface area contributed by atoms with E-state index in [2.05, 4.69) is 5.32 Å². The van der Waals surface area contributed by atoms with Crippen LogP contribution in [0.4, 0.5) is 0 Å². The van der Waals surface area contributed by atoms with Crippen LogP contribution >= 0.6 is 11.3 Å². The number of hydrogen-bond acceptors (Lipinski definition) is 5. The van der Waals surface area contributed by atoms with Crippen LogP contribution in [0.1, 0.15) is 45.2 Å². The van der Waals surface area contributed by atoms with Gasteiger partial charge in [-0.3, -0.25) is 9.59 Å². The van der Waals surface area contributed by atoms with Gasteiger partial charge in [-0.2, -0.15) is 0 Å². The van der Waals surface area contributed by atoms with Gasteiger partial charge < -0.3 is 10.1 Å². The van der Waals surface area contributed by atoms with E-state index in [0.29, 0.717) is 9.75 Å². The first-order valence-electron chi connectivity index (χ1n) is 8.07. The summed E-state index contributed by atoms with van der Waals surface area (Å²) in [6.45, 7) is 3.02. The van der Waals surface area contributed by atoms with Crippen LogP contribution in [0.5, 0.6) is 0 Å². The summed E-state index contributed by atoms with van der Waals surface area (Å²) in [5.41, 5.74) is 1.22. The smallest absolute Gasteiger partial charge is 0.348 e. The van der Waals surface area contributed by atoms with Crippen molar-refractivity contribution in [2.45, 2.75) is 32.7 Å². The molecule has 0 fully saturated rings. The largest absolute Gasteiger partial charge is 0.451 e. The number of benzene rings is 1. The highest BCUT2D eigenvalue weighted by Gasteiger charge is 2.15. The highest BCUT2D eigenvalue weighted by atomic mass is 32.1. The molecule has 0 radical (unpaired) electrons. The molecule has 25 heavy (non-hydrogen) atoms. The number of nitrogens with one attached hydrogen (secondary N) is 1. The lowest BCUT2D eigenvalue weighted by molar-refractivity contribution is -0.124. The quantitative estimate of drug-likeness (QED) is 0.580. The van der Waals surface area contributed by atoms with E-state index in [4.69, 9.17) is 4.74 Å². The molecule has 0 bridgehead atoms. The fraction of sp³-hybridized carbons (Fsp3) is 0.316. The zero-order valence-corrected chi connectivity index (χ0v) is 15.1. The van der Waals surface area contributed by atoms with Crippen molar-refractivity contribution in [2.24, 2.45) is 0 Å². The van der Waals surface area contributed by atoms with Crippen LogP contribution in [0.15, 0.2) is 42.5 Å². The number of ketones is 1. The van der Waals surface area contributed by atoms with E-state index in [-0.39, 0.29) is 24.3 Å². The van der Waals surface area contributed by atoms with Crippen molar-refractivity contribution in [3.05, 3.63) is 57.8 Å². The van der Waals surface area contributed by atoms with E-state index in [1.807, 2.05) is 37.3 Å². The van der Waals surface area contributed by atoms with Crippen LogP contribution in [-0.2, 0) is 16.0 Å². The Morgan fingerprint density at radius 3 is 2.40 bits per heavy atom. The number of carbonyl (C=O) groups is 3. The van der Waals surface area contributed by atoms with E-state index >= 15 is 0 Å². The lowest BCUT2D eigenvalue weighted by atomic mass is 10.1. The summed E-state index contributed by atoms with van der Waals surface area (Å²) < 4.78 is 4.99. The maximum atomic E-state index is 11.9. The SMILES string of the molecule is CC(=O)c1ccc(C(=O)OCC(=O)NC(C)CCc2ccccc2)s1. The summed E-state index contributed by atoms with van der Waals surface area (Å²) >= 11 is 1.06. The molecule has 5 nitrogen and oxygen atoms in total. The third kappa shape index (κ3) is 6.15. The molecule has 1 amide bonds. The Hall–Kier alpha value is -2.47. The Morgan fingerprint density at radius 1 is 1.08 bits per heavy atom. The Labute approximate surface area is 151 Å². The Kier molecular flexibility index (Phi) is 6.89. The highest BCUT2D eigenvalue weighted by molar-refractivity contribution is 7.15. The first kappa shape index (κ1) is 18.9. The van der Waals surface area contributed by atoms with Crippen molar-refractivity contribution in [3.63, 3.8) is 0 Å². The van der Waals surface area contributed by atoms with Gasteiger partial charge in [0.25, 0.3) is 5.91 Å². The number of thiophene rings is 1. The maximum absolute atomic E-state index is 11.9. The van der Waals surface area contributed by atoms with Gasteiger partial charge in [0, 0.05) is 6.04 Å². The lowest BCUT2D eigenvalue weighted by Gasteiger charge is -2.13. The average Bonchev–Trinajstić information content (AvgIpc) is 3.09. The molecule has 1 aromatic heterocycles. The van der Waals surface area contributed by atoms with Crippen molar-refractivity contribution in [3.8, 4) is 0 Å². The fourth-order valence-corrected chi connectivity index (χ4v) is 3.05. The van der Waals surface area contributed by atoms with Crippen LogP contribution < -0.4 is 5.32 Å². The number of aryl methyl sites for hydroxylation is 1. The molecular formula is C19H21NO4S. The third-order valence-electron chi connectivity index (χ3n) is 3.60. The molecule has 0 spiro atoms. The number of amides is 1. The zero-order chi connectivity index (χ0) is 18.2. The second-order valence-corrected chi connectivity index (χ2v) is 6.87. The molecule has 0 saturated heterocycles. The molecule has 132 valence electrons. The molecule has 0 aliphatic rings. The van der Waals surface area contributed by atoms with Crippen molar-refractivity contribution in [1.29, 1.82) is 0 Å². The summed E-state index contributed by atoms with van der Waals surface area (Å²) in [5.74, 6) is -1.03. The predicted octanol–water partition coefficient (Wildman–Crippen LogP) is 3.25. The predicted molar refractivity (Wildman–Crippen MR) is 97.0 cm³/mol. The first-order valence-corrected chi connectivity index (χ1v) is 8.88. The maximum Gasteiger partial charge on any atom is 0.348 e. The fourth-order valence-electron chi connectivity index (χ4n) is 2.26. The third-order valence-corrected chi connectivity index (χ3v) is 4.77. The molecule has 0 aliphatic heterocycles. The van der Waals surface area contributed by atoms with Gasteiger partial charge in [-0.1, -0.05) is 30.3 Å². The molecular weight excluding hydrogens is 338 g/mol. The summed E-state index contributed by atoms with van der Waals surface area (Å²) in [5, 5.41) is 2.81. The van der Waals surface area contributed by atoms with Crippen LogP contribution in [0.3, 0.4) is 0 Å². The summed E-state index contributed by atoms with van der Waals surface area (Å²) in [6, 6.07) is 13.1. The molecule has 1 atom stereocenters. The number of rotatable bonds is 8. The van der Waals surface area contributed by atoms with Gasteiger partial charge in [0.05, 0.1) is 4.88 Å². The monoisotopic (exact) mass is 359 g/mol. The van der Waals surface area contributed by atoms with E-state index in [1.165, 1.54) is 18.6 Å². The summed E-state index contributed by atoms with van der Waals surface area (Å²) in [7, 11) is 0. The van der Waals surface area contributed by atoms with Gasteiger partial charge in [-0.25, -0.2) is 4.79 Å². The van der Waals surface area contributed by atoms with Gasteiger partial charge >= 0.3 is 5.97 Å². The topological polar surface area (TPSA) is 72.5 Å². The number of hydrogen-bond donors (Lipinski definition) is 1. The lowest BCUT2D eigenvalue weighted by Crippen LogP contribution is -2.36.